The summed E-state index contributed by atoms with van der Waals surface area (Å²) >= 11 is 3.44. The Labute approximate surface area is 109 Å². The van der Waals surface area contributed by atoms with Gasteiger partial charge in [-0.25, -0.2) is 4.98 Å². The van der Waals surface area contributed by atoms with Gasteiger partial charge in [-0.3, -0.25) is 4.68 Å². The average molecular weight is 295 g/mol. The molecular formula is C12H15BrN4. The van der Waals surface area contributed by atoms with E-state index in [1.165, 1.54) is 0 Å². The molecule has 0 aromatic carbocycles. The SMILES string of the molecule is Cc1nc(NCCCn2cccn2)ccc1Br. The second-order valence-corrected chi connectivity index (χ2v) is 4.67. The third-order valence-electron chi connectivity index (χ3n) is 2.45. The minimum Gasteiger partial charge on any atom is -0.370 e. The largest absolute Gasteiger partial charge is 0.370 e. The standard InChI is InChI=1S/C12H15BrN4/c1-10-11(13)4-5-12(16-10)14-6-2-8-17-9-3-7-15-17/h3-5,7,9H,2,6,8H2,1H3,(H,14,16). The molecule has 17 heavy (non-hydrogen) atoms. The normalized spacial score (nSPS) is 10.5. The number of halogens is 1. The summed E-state index contributed by atoms with van der Waals surface area (Å²) < 4.78 is 2.97. The number of nitrogens with one attached hydrogen (secondary N) is 1. The van der Waals surface area contributed by atoms with Crippen molar-refractivity contribution in [3.05, 3.63) is 40.8 Å². The van der Waals surface area contributed by atoms with E-state index in [1.807, 2.05) is 36.0 Å². The number of hydrogen-bond acceptors (Lipinski definition) is 3. The Balaban J connectivity index is 1.76. The van der Waals surface area contributed by atoms with E-state index < -0.39 is 0 Å². The number of pyridine rings is 1. The van der Waals surface area contributed by atoms with Gasteiger partial charge in [-0.1, -0.05) is 0 Å². The van der Waals surface area contributed by atoms with Crippen LogP contribution in [0.1, 0.15) is 12.1 Å². The highest BCUT2D eigenvalue weighted by atomic mass is 79.9. The van der Waals surface area contributed by atoms with Crippen molar-refractivity contribution in [2.75, 3.05) is 11.9 Å². The molecule has 90 valence electrons. The Bertz CT molecular complexity index is 467. The molecule has 0 spiro atoms. The highest BCUT2D eigenvalue weighted by Gasteiger charge is 1.98. The summed E-state index contributed by atoms with van der Waals surface area (Å²) in [5, 5.41) is 7.46. The van der Waals surface area contributed by atoms with Crippen molar-refractivity contribution >= 4 is 21.7 Å². The summed E-state index contributed by atoms with van der Waals surface area (Å²) in [4.78, 5) is 4.43. The Morgan fingerprint density at radius 2 is 2.29 bits per heavy atom. The highest BCUT2D eigenvalue weighted by Crippen LogP contribution is 2.15. The Hall–Kier alpha value is -1.36. The van der Waals surface area contributed by atoms with Gasteiger partial charge in [0.2, 0.25) is 0 Å². The molecular weight excluding hydrogens is 280 g/mol. The van der Waals surface area contributed by atoms with Gasteiger partial charge in [-0.2, -0.15) is 5.10 Å². The van der Waals surface area contributed by atoms with E-state index in [0.29, 0.717) is 0 Å². The number of nitrogens with zero attached hydrogens (tertiary/aromatic N) is 3. The topological polar surface area (TPSA) is 42.7 Å². The zero-order valence-electron chi connectivity index (χ0n) is 9.73. The summed E-state index contributed by atoms with van der Waals surface area (Å²) in [5.41, 5.74) is 1.00. The van der Waals surface area contributed by atoms with Gasteiger partial charge in [0.15, 0.2) is 0 Å². The van der Waals surface area contributed by atoms with Crippen LogP contribution < -0.4 is 5.32 Å². The van der Waals surface area contributed by atoms with Crippen molar-refractivity contribution in [3.63, 3.8) is 0 Å². The molecule has 0 amide bonds. The molecule has 2 aromatic heterocycles. The third-order valence-corrected chi connectivity index (χ3v) is 3.29. The molecule has 5 heteroatoms. The number of rotatable bonds is 5. The molecule has 0 aliphatic rings. The van der Waals surface area contributed by atoms with E-state index in [9.17, 15) is 0 Å². The lowest BCUT2D eigenvalue weighted by molar-refractivity contribution is 0.591. The second kappa shape index (κ2) is 5.82. The first-order valence-corrected chi connectivity index (χ1v) is 6.39. The van der Waals surface area contributed by atoms with Gasteiger partial charge >= 0.3 is 0 Å². The van der Waals surface area contributed by atoms with Gasteiger partial charge in [-0.15, -0.1) is 0 Å². The summed E-state index contributed by atoms with van der Waals surface area (Å²) in [6, 6.07) is 5.93. The van der Waals surface area contributed by atoms with Crippen LogP contribution >= 0.6 is 15.9 Å². The fourth-order valence-corrected chi connectivity index (χ4v) is 1.75. The molecule has 2 heterocycles. The first-order valence-electron chi connectivity index (χ1n) is 5.60. The predicted octanol–water partition coefficient (Wildman–Crippen LogP) is 2.85. The molecule has 4 nitrogen and oxygen atoms in total. The molecule has 0 saturated carbocycles. The van der Waals surface area contributed by atoms with Gasteiger partial charge in [0.05, 0.1) is 5.69 Å². The highest BCUT2D eigenvalue weighted by molar-refractivity contribution is 9.10. The molecule has 1 N–H and O–H groups in total. The van der Waals surface area contributed by atoms with Gasteiger partial charge in [-0.05, 0) is 47.5 Å². The molecule has 0 fully saturated rings. The molecule has 0 atom stereocenters. The number of hydrogen-bond donors (Lipinski definition) is 1. The third kappa shape index (κ3) is 3.56. The monoisotopic (exact) mass is 294 g/mol. The molecule has 0 unspecified atom stereocenters. The maximum Gasteiger partial charge on any atom is 0.126 e. The smallest absolute Gasteiger partial charge is 0.126 e. The molecule has 2 aromatic rings. The van der Waals surface area contributed by atoms with Crippen LogP contribution in [0.25, 0.3) is 0 Å². The van der Waals surface area contributed by atoms with Crippen LogP contribution in [-0.4, -0.2) is 21.3 Å². The fraction of sp³-hybridized carbons (Fsp3) is 0.333. The average Bonchev–Trinajstić information content (AvgIpc) is 2.82. The molecule has 0 saturated heterocycles. The van der Waals surface area contributed by atoms with E-state index in [0.717, 1.165) is 35.5 Å². The lowest BCUT2D eigenvalue weighted by Crippen LogP contribution is -2.08. The number of aryl methyl sites for hydroxylation is 2. The van der Waals surface area contributed by atoms with E-state index in [2.05, 4.69) is 31.3 Å². The summed E-state index contributed by atoms with van der Waals surface area (Å²) in [5.74, 6) is 0.922. The summed E-state index contributed by atoms with van der Waals surface area (Å²) in [6.07, 6.45) is 4.80. The molecule has 0 radical (unpaired) electrons. The van der Waals surface area contributed by atoms with Gasteiger partial charge < -0.3 is 5.32 Å². The van der Waals surface area contributed by atoms with Crippen LogP contribution in [0.3, 0.4) is 0 Å². The minimum absolute atomic E-state index is 0.897. The van der Waals surface area contributed by atoms with Crippen molar-refractivity contribution in [2.24, 2.45) is 0 Å². The van der Waals surface area contributed by atoms with Crippen molar-refractivity contribution in [2.45, 2.75) is 19.9 Å². The predicted molar refractivity (Wildman–Crippen MR) is 72.0 cm³/mol. The minimum atomic E-state index is 0.897. The van der Waals surface area contributed by atoms with Gasteiger partial charge in [0.1, 0.15) is 5.82 Å². The van der Waals surface area contributed by atoms with Crippen LogP contribution in [0.2, 0.25) is 0 Å². The Kier molecular flexibility index (Phi) is 4.14. The van der Waals surface area contributed by atoms with Crippen molar-refractivity contribution in [1.82, 2.24) is 14.8 Å². The van der Waals surface area contributed by atoms with Crippen molar-refractivity contribution in [3.8, 4) is 0 Å². The lowest BCUT2D eigenvalue weighted by Gasteiger charge is -2.07. The van der Waals surface area contributed by atoms with Crippen LogP contribution in [0.5, 0.6) is 0 Å². The van der Waals surface area contributed by atoms with E-state index in [4.69, 9.17) is 0 Å². The van der Waals surface area contributed by atoms with E-state index in [-0.39, 0.29) is 0 Å². The second-order valence-electron chi connectivity index (χ2n) is 3.81. The van der Waals surface area contributed by atoms with Crippen LogP contribution in [-0.2, 0) is 6.54 Å². The van der Waals surface area contributed by atoms with Gasteiger partial charge in [0.25, 0.3) is 0 Å². The van der Waals surface area contributed by atoms with E-state index >= 15 is 0 Å². The Morgan fingerprint density at radius 3 is 3.00 bits per heavy atom. The molecule has 0 bridgehead atoms. The molecule has 0 aliphatic heterocycles. The number of aromatic nitrogens is 3. The van der Waals surface area contributed by atoms with Crippen LogP contribution in [0, 0.1) is 6.92 Å². The summed E-state index contributed by atoms with van der Waals surface area (Å²) in [7, 11) is 0. The van der Waals surface area contributed by atoms with Crippen molar-refractivity contribution in [1.29, 1.82) is 0 Å². The van der Waals surface area contributed by atoms with E-state index in [1.54, 1.807) is 6.20 Å². The first kappa shape index (κ1) is 12.1. The van der Waals surface area contributed by atoms with Crippen LogP contribution in [0.15, 0.2) is 35.1 Å². The first-order chi connectivity index (χ1) is 8.25. The molecule has 2 rings (SSSR count). The molecule has 0 aliphatic carbocycles. The van der Waals surface area contributed by atoms with Crippen LogP contribution in [0.4, 0.5) is 5.82 Å². The fourth-order valence-electron chi connectivity index (χ4n) is 1.53. The van der Waals surface area contributed by atoms with Gasteiger partial charge in [0, 0.05) is 30.0 Å². The maximum absolute atomic E-state index is 4.43. The quantitative estimate of drug-likeness (QED) is 0.863. The zero-order valence-corrected chi connectivity index (χ0v) is 11.3. The van der Waals surface area contributed by atoms with Crippen molar-refractivity contribution < 1.29 is 0 Å². The zero-order chi connectivity index (χ0) is 12.1. The maximum atomic E-state index is 4.43. The summed E-state index contributed by atoms with van der Waals surface area (Å²) in [6.45, 7) is 3.81. The lowest BCUT2D eigenvalue weighted by atomic mass is 10.3. The Morgan fingerprint density at radius 1 is 1.41 bits per heavy atom. The number of anilines is 1.